The van der Waals surface area contributed by atoms with E-state index in [0.29, 0.717) is 18.8 Å². The minimum Gasteiger partial charge on any atom is -0.351 e. The van der Waals surface area contributed by atoms with E-state index < -0.39 is 9.84 Å². The molecule has 0 radical (unpaired) electrons. The Morgan fingerprint density at radius 3 is 2.40 bits per heavy atom. The van der Waals surface area contributed by atoms with Gasteiger partial charge in [0.25, 0.3) is 0 Å². The van der Waals surface area contributed by atoms with Gasteiger partial charge in [-0.05, 0) is 18.9 Å². The van der Waals surface area contributed by atoms with Gasteiger partial charge >= 0.3 is 0 Å². The second-order valence-corrected chi connectivity index (χ2v) is 5.95. The molecule has 1 aliphatic rings. The molecule has 1 N–H and O–H groups in total. The van der Waals surface area contributed by atoms with Crippen molar-refractivity contribution >= 4 is 15.8 Å². The van der Waals surface area contributed by atoms with Crippen molar-refractivity contribution in [1.82, 2.24) is 9.97 Å². The van der Waals surface area contributed by atoms with Gasteiger partial charge in [-0.15, -0.1) is 0 Å². The molecule has 1 aliphatic heterocycles. The van der Waals surface area contributed by atoms with Crippen LogP contribution in [0.1, 0.15) is 12.8 Å². The standard InChI is InChI=1S/C9H13N3O2S/c13-15(14)6-2-8(3-7-15)12-9-10-4-1-5-11-9/h1,4-5,8H,2-3,6-7H2,(H,10,11,12). The molecule has 0 unspecified atom stereocenters. The molecule has 2 rings (SSSR count). The number of rotatable bonds is 2. The summed E-state index contributed by atoms with van der Waals surface area (Å²) >= 11 is 0. The van der Waals surface area contributed by atoms with Crippen LogP contribution in [0.5, 0.6) is 0 Å². The minimum absolute atomic E-state index is 0.177. The van der Waals surface area contributed by atoms with Crippen molar-refractivity contribution < 1.29 is 8.42 Å². The summed E-state index contributed by atoms with van der Waals surface area (Å²) in [6, 6.07) is 1.92. The van der Waals surface area contributed by atoms with Gasteiger partial charge in [-0.25, -0.2) is 18.4 Å². The van der Waals surface area contributed by atoms with Gasteiger partial charge in [-0.1, -0.05) is 0 Å². The van der Waals surface area contributed by atoms with E-state index in [-0.39, 0.29) is 17.5 Å². The molecule has 1 aromatic rings. The molecule has 1 aromatic heterocycles. The summed E-state index contributed by atoms with van der Waals surface area (Å²) in [5.74, 6) is 1.09. The summed E-state index contributed by atoms with van der Waals surface area (Å²) in [6.45, 7) is 0. The summed E-state index contributed by atoms with van der Waals surface area (Å²) in [6.07, 6.45) is 4.60. The quantitative estimate of drug-likeness (QED) is 0.795. The lowest BCUT2D eigenvalue weighted by molar-refractivity contribution is 0.558. The van der Waals surface area contributed by atoms with Crippen LogP contribution in [0.2, 0.25) is 0 Å². The van der Waals surface area contributed by atoms with Gasteiger partial charge in [0, 0.05) is 18.4 Å². The zero-order valence-corrected chi connectivity index (χ0v) is 9.07. The van der Waals surface area contributed by atoms with Gasteiger partial charge in [0.05, 0.1) is 11.5 Å². The van der Waals surface area contributed by atoms with Gasteiger partial charge in [0.1, 0.15) is 9.84 Å². The molecule has 0 saturated carbocycles. The van der Waals surface area contributed by atoms with Crippen LogP contribution >= 0.6 is 0 Å². The monoisotopic (exact) mass is 227 g/mol. The van der Waals surface area contributed by atoms with E-state index in [9.17, 15) is 8.42 Å². The molecule has 0 atom stereocenters. The highest BCUT2D eigenvalue weighted by atomic mass is 32.2. The molecule has 0 amide bonds. The molecule has 15 heavy (non-hydrogen) atoms. The second-order valence-electron chi connectivity index (χ2n) is 3.64. The molecule has 5 nitrogen and oxygen atoms in total. The van der Waals surface area contributed by atoms with Gasteiger partial charge in [0.2, 0.25) is 5.95 Å². The van der Waals surface area contributed by atoms with Crippen LogP contribution in [-0.2, 0) is 9.84 Å². The molecule has 1 fully saturated rings. The number of anilines is 1. The highest BCUT2D eigenvalue weighted by Crippen LogP contribution is 2.15. The van der Waals surface area contributed by atoms with E-state index in [1.165, 1.54) is 0 Å². The van der Waals surface area contributed by atoms with Crippen molar-refractivity contribution in [3.05, 3.63) is 18.5 Å². The maximum Gasteiger partial charge on any atom is 0.222 e. The summed E-state index contributed by atoms with van der Waals surface area (Å²) in [5.41, 5.74) is 0. The first-order chi connectivity index (χ1) is 7.16. The zero-order valence-electron chi connectivity index (χ0n) is 8.26. The second kappa shape index (κ2) is 4.14. The smallest absolute Gasteiger partial charge is 0.222 e. The maximum absolute atomic E-state index is 11.2. The third kappa shape index (κ3) is 2.89. The van der Waals surface area contributed by atoms with Crippen LogP contribution in [0.15, 0.2) is 18.5 Å². The Balaban J connectivity index is 1.93. The maximum atomic E-state index is 11.2. The lowest BCUT2D eigenvalue weighted by atomic mass is 10.2. The van der Waals surface area contributed by atoms with Crippen molar-refractivity contribution in [1.29, 1.82) is 0 Å². The van der Waals surface area contributed by atoms with E-state index >= 15 is 0 Å². The van der Waals surface area contributed by atoms with E-state index in [2.05, 4.69) is 15.3 Å². The molecule has 0 aromatic carbocycles. The lowest BCUT2D eigenvalue weighted by Gasteiger charge is -2.22. The Morgan fingerprint density at radius 1 is 1.20 bits per heavy atom. The van der Waals surface area contributed by atoms with Crippen LogP contribution < -0.4 is 5.32 Å². The van der Waals surface area contributed by atoms with Crippen LogP contribution in [0.4, 0.5) is 5.95 Å². The number of aromatic nitrogens is 2. The predicted octanol–water partition coefficient (Wildman–Crippen LogP) is 0.466. The van der Waals surface area contributed by atoms with Crippen LogP contribution in [0.3, 0.4) is 0 Å². The third-order valence-corrected chi connectivity index (χ3v) is 4.17. The van der Waals surface area contributed by atoms with Crippen LogP contribution in [-0.4, -0.2) is 35.9 Å². The van der Waals surface area contributed by atoms with E-state index in [1.807, 2.05) is 0 Å². The Labute approximate surface area is 88.9 Å². The van der Waals surface area contributed by atoms with E-state index in [4.69, 9.17) is 0 Å². The zero-order chi connectivity index (χ0) is 10.7. The topological polar surface area (TPSA) is 72.0 Å². The first kappa shape index (κ1) is 10.4. The molecule has 0 bridgehead atoms. The normalized spacial score (nSPS) is 21.1. The van der Waals surface area contributed by atoms with Crippen LogP contribution in [0, 0.1) is 0 Å². The number of hydrogen-bond donors (Lipinski definition) is 1. The van der Waals surface area contributed by atoms with Gasteiger partial charge in [0.15, 0.2) is 0 Å². The molecular formula is C9H13N3O2S. The SMILES string of the molecule is O=S1(=O)CCC(Nc2ncccn2)CC1. The Kier molecular flexibility index (Phi) is 2.86. The summed E-state index contributed by atoms with van der Waals surface area (Å²) in [5, 5.41) is 3.13. The first-order valence-corrected chi connectivity index (χ1v) is 6.72. The van der Waals surface area contributed by atoms with E-state index in [0.717, 1.165) is 0 Å². The molecule has 2 heterocycles. The summed E-state index contributed by atoms with van der Waals surface area (Å²) in [4.78, 5) is 8.08. The summed E-state index contributed by atoms with van der Waals surface area (Å²) < 4.78 is 22.4. The van der Waals surface area contributed by atoms with Crippen molar-refractivity contribution in [3.63, 3.8) is 0 Å². The Hall–Kier alpha value is -1.17. The van der Waals surface area contributed by atoms with Gasteiger partial charge in [-0.3, -0.25) is 0 Å². The van der Waals surface area contributed by atoms with Crippen molar-refractivity contribution in [3.8, 4) is 0 Å². The summed E-state index contributed by atoms with van der Waals surface area (Å²) in [7, 11) is -2.79. The fourth-order valence-corrected chi connectivity index (χ4v) is 3.08. The number of nitrogens with one attached hydrogen (secondary N) is 1. The largest absolute Gasteiger partial charge is 0.351 e. The predicted molar refractivity (Wildman–Crippen MR) is 57.3 cm³/mol. The van der Waals surface area contributed by atoms with Crippen LogP contribution in [0.25, 0.3) is 0 Å². The molecule has 6 heteroatoms. The molecular weight excluding hydrogens is 214 g/mol. The van der Waals surface area contributed by atoms with Gasteiger partial charge < -0.3 is 5.32 Å². The van der Waals surface area contributed by atoms with Crippen molar-refractivity contribution in [2.24, 2.45) is 0 Å². The van der Waals surface area contributed by atoms with Crippen molar-refractivity contribution in [2.45, 2.75) is 18.9 Å². The average molecular weight is 227 g/mol. The fraction of sp³-hybridized carbons (Fsp3) is 0.556. The van der Waals surface area contributed by atoms with Crippen molar-refractivity contribution in [2.75, 3.05) is 16.8 Å². The highest BCUT2D eigenvalue weighted by Gasteiger charge is 2.23. The first-order valence-electron chi connectivity index (χ1n) is 4.90. The lowest BCUT2D eigenvalue weighted by Crippen LogP contribution is -2.32. The van der Waals surface area contributed by atoms with E-state index in [1.54, 1.807) is 18.5 Å². The average Bonchev–Trinajstić information content (AvgIpc) is 2.23. The fourth-order valence-electron chi connectivity index (χ4n) is 1.59. The molecule has 82 valence electrons. The van der Waals surface area contributed by atoms with Gasteiger partial charge in [-0.2, -0.15) is 0 Å². The molecule has 0 aliphatic carbocycles. The Morgan fingerprint density at radius 2 is 1.80 bits per heavy atom. The number of hydrogen-bond acceptors (Lipinski definition) is 5. The highest BCUT2D eigenvalue weighted by molar-refractivity contribution is 7.91. The Bertz CT molecular complexity index is 404. The number of sulfone groups is 1. The minimum atomic E-state index is -2.79. The molecule has 1 saturated heterocycles. The number of nitrogens with zero attached hydrogens (tertiary/aromatic N) is 2. The third-order valence-electron chi connectivity index (χ3n) is 2.45. The molecule has 0 spiro atoms.